The molecular formula is C18H25N5O4. The lowest BCUT2D eigenvalue weighted by atomic mass is 10.1. The van der Waals surface area contributed by atoms with Gasteiger partial charge in [0.1, 0.15) is 5.60 Å². The van der Waals surface area contributed by atoms with Gasteiger partial charge >= 0.3 is 6.09 Å². The van der Waals surface area contributed by atoms with E-state index in [1.165, 1.54) is 12.1 Å². The molecule has 9 heteroatoms. The highest BCUT2D eigenvalue weighted by Gasteiger charge is 2.24. The van der Waals surface area contributed by atoms with E-state index in [0.717, 1.165) is 36.8 Å². The minimum atomic E-state index is -0.499. The number of ether oxygens (including phenoxy) is 1. The zero-order chi connectivity index (χ0) is 19.6. The number of nitro groups is 1. The first kappa shape index (κ1) is 19.1. The Bertz CT molecular complexity index is 834. The topological polar surface area (TPSA) is 103 Å². The van der Waals surface area contributed by atoms with Gasteiger partial charge in [0.05, 0.1) is 23.3 Å². The summed E-state index contributed by atoms with van der Waals surface area (Å²) in [4.78, 5) is 24.6. The summed E-state index contributed by atoms with van der Waals surface area (Å²) in [6.45, 7) is 7.80. The molecule has 1 N–H and O–H groups in total. The molecule has 0 aliphatic carbocycles. The van der Waals surface area contributed by atoms with Gasteiger partial charge in [-0.15, -0.1) is 0 Å². The largest absolute Gasteiger partial charge is 0.444 e. The van der Waals surface area contributed by atoms with Gasteiger partial charge in [0.2, 0.25) is 0 Å². The number of piperidine rings is 1. The van der Waals surface area contributed by atoms with Crippen LogP contribution < -0.4 is 5.32 Å². The molecule has 1 aromatic heterocycles. The number of nitro benzene ring substituents is 1. The molecule has 1 fully saturated rings. The minimum absolute atomic E-state index is 0.0658. The maximum absolute atomic E-state index is 11.9. The Hall–Kier alpha value is -2.68. The predicted molar refractivity (Wildman–Crippen MR) is 100 cm³/mol. The monoisotopic (exact) mass is 375 g/mol. The van der Waals surface area contributed by atoms with Crippen LogP contribution in [-0.2, 0) is 11.4 Å². The maximum Gasteiger partial charge on any atom is 0.407 e. The number of fused-ring (bicyclic) bond motifs is 1. The second-order valence-corrected chi connectivity index (χ2v) is 7.82. The van der Waals surface area contributed by atoms with Crippen molar-refractivity contribution < 1.29 is 14.5 Å². The Labute approximate surface area is 157 Å². The van der Waals surface area contributed by atoms with Gasteiger partial charge in [0.15, 0.2) is 0 Å². The van der Waals surface area contributed by atoms with Crippen molar-refractivity contribution in [2.45, 2.75) is 51.9 Å². The highest BCUT2D eigenvalue weighted by atomic mass is 16.6. The molecule has 0 spiro atoms. The number of aromatic nitrogens is 2. The normalized spacial score (nSPS) is 16.4. The number of hydrogen-bond acceptors (Lipinski definition) is 6. The molecule has 2 heterocycles. The fourth-order valence-corrected chi connectivity index (χ4v) is 3.18. The molecule has 0 bridgehead atoms. The van der Waals surface area contributed by atoms with E-state index in [2.05, 4.69) is 15.3 Å². The van der Waals surface area contributed by atoms with E-state index >= 15 is 0 Å². The number of nitrogens with zero attached hydrogens (tertiary/aromatic N) is 4. The van der Waals surface area contributed by atoms with Crippen LogP contribution in [0, 0.1) is 10.1 Å². The van der Waals surface area contributed by atoms with E-state index in [1.807, 2.05) is 25.5 Å². The number of hydrogen-bond donors (Lipinski definition) is 1. The number of nitrogens with one attached hydrogen (secondary N) is 1. The molecule has 0 atom stereocenters. The molecule has 3 rings (SSSR count). The second kappa shape index (κ2) is 7.51. The van der Waals surface area contributed by atoms with Crippen LogP contribution in [0.4, 0.5) is 10.5 Å². The van der Waals surface area contributed by atoms with Gasteiger partial charge in [0.25, 0.3) is 5.69 Å². The predicted octanol–water partition coefficient (Wildman–Crippen LogP) is 2.89. The van der Waals surface area contributed by atoms with Crippen LogP contribution in [0.5, 0.6) is 0 Å². The molecular weight excluding hydrogens is 350 g/mol. The Morgan fingerprint density at radius 3 is 2.70 bits per heavy atom. The lowest BCUT2D eigenvalue weighted by Gasteiger charge is -2.32. The number of amides is 1. The van der Waals surface area contributed by atoms with Crippen molar-refractivity contribution in [3.8, 4) is 0 Å². The molecule has 2 aromatic rings. The average molecular weight is 375 g/mol. The van der Waals surface area contributed by atoms with Gasteiger partial charge < -0.3 is 10.1 Å². The molecule has 9 nitrogen and oxygen atoms in total. The van der Waals surface area contributed by atoms with Crippen LogP contribution in [0.3, 0.4) is 0 Å². The number of non-ortho nitro benzene ring substituents is 1. The van der Waals surface area contributed by atoms with E-state index in [0.29, 0.717) is 6.67 Å². The molecule has 146 valence electrons. The maximum atomic E-state index is 11.9. The fourth-order valence-electron chi connectivity index (χ4n) is 3.18. The van der Waals surface area contributed by atoms with Crippen molar-refractivity contribution in [2.75, 3.05) is 13.1 Å². The SMILES string of the molecule is CC(C)(C)OC(=O)NC1CCN(Cn2ncc3cc([N+](=O)[O-])ccc32)CC1. The number of carbonyl (C=O) groups excluding carboxylic acids is 1. The first-order valence-electron chi connectivity index (χ1n) is 9.03. The smallest absolute Gasteiger partial charge is 0.407 e. The molecule has 1 aliphatic rings. The van der Waals surface area contributed by atoms with Gasteiger partial charge in [-0.05, 0) is 39.7 Å². The summed E-state index contributed by atoms with van der Waals surface area (Å²) in [6, 6.07) is 4.87. The van der Waals surface area contributed by atoms with Crippen LogP contribution >= 0.6 is 0 Å². The Kier molecular flexibility index (Phi) is 5.31. The Morgan fingerprint density at radius 2 is 2.07 bits per heavy atom. The third kappa shape index (κ3) is 4.94. The standard InChI is InChI=1S/C18H25N5O4/c1-18(2,3)27-17(24)20-14-6-8-21(9-7-14)12-22-16-5-4-15(23(25)26)10-13(16)11-19-22/h4-5,10-11,14H,6-9,12H2,1-3H3,(H,20,24). The summed E-state index contributed by atoms with van der Waals surface area (Å²) in [5.74, 6) is 0. The van der Waals surface area contributed by atoms with Crippen molar-refractivity contribution in [2.24, 2.45) is 0 Å². The molecule has 0 unspecified atom stereocenters. The van der Waals surface area contributed by atoms with E-state index in [4.69, 9.17) is 4.74 Å². The Morgan fingerprint density at radius 1 is 1.37 bits per heavy atom. The van der Waals surface area contributed by atoms with Crippen molar-refractivity contribution in [3.63, 3.8) is 0 Å². The van der Waals surface area contributed by atoms with Gasteiger partial charge in [-0.2, -0.15) is 5.10 Å². The summed E-state index contributed by atoms with van der Waals surface area (Å²) in [5.41, 5.74) is 0.437. The lowest BCUT2D eigenvalue weighted by Crippen LogP contribution is -2.46. The van der Waals surface area contributed by atoms with Gasteiger partial charge in [0, 0.05) is 36.7 Å². The molecule has 0 saturated carbocycles. The average Bonchev–Trinajstić information content (AvgIpc) is 2.97. The fraction of sp³-hybridized carbons (Fsp3) is 0.556. The van der Waals surface area contributed by atoms with Gasteiger partial charge in [-0.1, -0.05) is 0 Å². The third-order valence-electron chi connectivity index (χ3n) is 4.48. The number of rotatable bonds is 4. The van der Waals surface area contributed by atoms with Crippen molar-refractivity contribution in [1.29, 1.82) is 0 Å². The third-order valence-corrected chi connectivity index (χ3v) is 4.48. The quantitative estimate of drug-likeness (QED) is 0.651. The molecule has 27 heavy (non-hydrogen) atoms. The minimum Gasteiger partial charge on any atom is -0.444 e. The van der Waals surface area contributed by atoms with Crippen LogP contribution in [0.2, 0.25) is 0 Å². The van der Waals surface area contributed by atoms with Crippen molar-refractivity contribution in [1.82, 2.24) is 20.0 Å². The summed E-state index contributed by atoms with van der Waals surface area (Å²) < 4.78 is 7.15. The first-order chi connectivity index (χ1) is 12.7. The van der Waals surface area contributed by atoms with Crippen molar-refractivity contribution >= 4 is 22.7 Å². The zero-order valence-corrected chi connectivity index (χ0v) is 15.8. The van der Waals surface area contributed by atoms with Crippen LogP contribution in [-0.4, -0.2) is 50.4 Å². The van der Waals surface area contributed by atoms with E-state index < -0.39 is 10.5 Å². The van der Waals surface area contributed by atoms with Gasteiger partial charge in [-0.25, -0.2) is 4.79 Å². The van der Waals surface area contributed by atoms with Crippen LogP contribution in [0.25, 0.3) is 10.9 Å². The number of alkyl carbamates (subject to hydrolysis) is 1. The van der Waals surface area contributed by atoms with Gasteiger partial charge in [-0.3, -0.25) is 19.7 Å². The highest BCUT2D eigenvalue weighted by molar-refractivity contribution is 5.81. The summed E-state index contributed by atoms with van der Waals surface area (Å²) >= 11 is 0. The molecule has 1 amide bonds. The second-order valence-electron chi connectivity index (χ2n) is 7.82. The van der Waals surface area contributed by atoms with Crippen LogP contribution in [0.15, 0.2) is 24.4 Å². The lowest BCUT2D eigenvalue weighted by molar-refractivity contribution is -0.384. The highest BCUT2D eigenvalue weighted by Crippen LogP contribution is 2.21. The molecule has 1 saturated heterocycles. The molecule has 0 radical (unpaired) electrons. The number of benzene rings is 1. The molecule has 1 aliphatic heterocycles. The first-order valence-corrected chi connectivity index (χ1v) is 9.03. The number of carbonyl (C=O) groups is 1. The Balaban J connectivity index is 1.54. The summed E-state index contributed by atoms with van der Waals surface area (Å²) in [7, 11) is 0. The molecule has 1 aromatic carbocycles. The van der Waals surface area contributed by atoms with Crippen molar-refractivity contribution in [3.05, 3.63) is 34.5 Å². The van der Waals surface area contributed by atoms with Crippen LogP contribution in [0.1, 0.15) is 33.6 Å². The summed E-state index contributed by atoms with van der Waals surface area (Å²) in [6.07, 6.45) is 2.95. The van der Waals surface area contributed by atoms with E-state index in [9.17, 15) is 14.9 Å². The van der Waals surface area contributed by atoms with E-state index in [-0.39, 0.29) is 17.8 Å². The van der Waals surface area contributed by atoms with E-state index in [1.54, 1.807) is 12.3 Å². The number of likely N-dealkylation sites (tertiary alicyclic amines) is 1. The zero-order valence-electron chi connectivity index (χ0n) is 15.8. The summed E-state index contributed by atoms with van der Waals surface area (Å²) in [5, 5.41) is 18.9.